The van der Waals surface area contributed by atoms with Gasteiger partial charge in [-0.1, -0.05) is 77.9 Å². The Hall–Kier alpha value is -2.76. The smallest absolute Gasteiger partial charge is 0.267 e. The maximum atomic E-state index is 4.57. The van der Waals surface area contributed by atoms with E-state index < -0.39 is 0 Å². The first-order valence-electron chi connectivity index (χ1n) is 9.62. The molecule has 0 spiro atoms. The predicted molar refractivity (Wildman–Crippen MR) is 128 cm³/mol. The molecule has 1 aromatic heterocycles. The average Bonchev–Trinajstić information content (AvgIpc) is 3.47. The normalized spacial score (nSPS) is 9.90. The average molecular weight is 447 g/mol. The number of nitrogens with zero attached hydrogens (tertiary/aromatic N) is 1. The molecule has 0 aliphatic heterocycles. The van der Waals surface area contributed by atoms with Gasteiger partial charge in [0, 0.05) is 11.9 Å². The summed E-state index contributed by atoms with van der Waals surface area (Å²) in [6.45, 7) is 0. The maximum absolute atomic E-state index is 4.57. The Kier molecular flexibility index (Phi) is 7.94. The van der Waals surface area contributed by atoms with Gasteiger partial charge in [0.1, 0.15) is 0 Å². The number of benzene rings is 2. The van der Waals surface area contributed by atoms with E-state index in [1.807, 2.05) is 48.7 Å². The molecule has 1 unspecified atom stereocenters. The van der Waals surface area contributed by atoms with Gasteiger partial charge in [0.15, 0.2) is 0 Å². The van der Waals surface area contributed by atoms with Gasteiger partial charge in [0.2, 0.25) is 0 Å². The maximum Gasteiger partial charge on any atom is 2.00 e. The van der Waals surface area contributed by atoms with Crippen molar-refractivity contribution in [2.75, 3.05) is 0 Å². The van der Waals surface area contributed by atoms with Crippen LogP contribution in [0.2, 0.25) is 0 Å². The van der Waals surface area contributed by atoms with Crippen LogP contribution in [0.25, 0.3) is 33.5 Å². The minimum Gasteiger partial charge on any atom is -0.267 e. The van der Waals surface area contributed by atoms with E-state index >= 15 is 0 Å². The van der Waals surface area contributed by atoms with Crippen LogP contribution in [0.15, 0.2) is 121 Å². The van der Waals surface area contributed by atoms with Crippen LogP contribution < -0.4 is 5.30 Å². The van der Waals surface area contributed by atoms with E-state index in [1.54, 1.807) is 0 Å². The van der Waals surface area contributed by atoms with Crippen molar-refractivity contribution in [1.82, 2.24) is 4.98 Å². The molecule has 0 N–H and O–H groups in total. The van der Waals surface area contributed by atoms with Crippen LogP contribution in [0, 0.1) is 0 Å². The van der Waals surface area contributed by atoms with Crippen LogP contribution in [0.4, 0.5) is 0 Å². The van der Waals surface area contributed by atoms with Crippen molar-refractivity contribution in [3.8, 4) is 33.5 Å². The Labute approximate surface area is 191 Å². The molecule has 5 rings (SSSR count). The zero-order valence-electron chi connectivity index (χ0n) is 16.4. The SMILES string of the molecule is P[c-]1cc(-c2ccccn2)c(-c2ccccc2)c1-c1ccccc1.[Fe+2].c1cc[cH-]c1. The zero-order chi connectivity index (χ0) is 19.9. The van der Waals surface area contributed by atoms with E-state index in [-0.39, 0.29) is 17.1 Å². The third-order valence-corrected chi connectivity index (χ3v) is 5.18. The van der Waals surface area contributed by atoms with Crippen molar-refractivity contribution in [1.29, 1.82) is 0 Å². The van der Waals surface area contributed by atoms with Gasteiger partial charge in [-0.15, -0.1) is 28.1 Å². The van der Waals surface area contributed by atoms with Gasteiger partial charge in [-0.25, -0.2) is 12.1 Å². The number of hydrogen-bond acceptors (Lipinski definition) is 1. The molecule has 0 saturated heterocycles. The molecule has 1 atom stereocenters. The van der Waals surface area contributed by atoms with Crippen LogP contribution in [0.5, 0.6) is 0 Å². The number of pyridine rings is 1. The molecule has 4 aromatic carbocycles. The van der Waals surface area contributed by atoms with Gasteiger partial charge in [0.25, 0.3) is 0 Å². The molecular formula is C27H22FeNP. The molecule has 5 aromatic rings. The predicted octanol–water partition coefficient (Wildman–Crippen LogP) is 6.70. The summed E-state index contributed by atoms with van der Waals surface area (Å²) < 4.78 is 0. The van der Waals surface area contributed by atoms with Crippen LogP contribution in [0.1, 0.15) is 0 Å². The summed E-state index contributed by atoms with van der Waals surface area (Å²) in [7, 11) is 2.89. The van der Waals surface area contributed by atoms with Gasteiger partial charge in [0.05, 0.1) is 0 Å². The summed E-state index contributed by atoms with van der Waals surface area (Å²) >= 11 is 0. The monoisotopic (exact) mass is 447 g/mol. The second kappa shape index (κ2) is 10.9. The van der Waals surface area contributed by atoms with Crippen LogP contribution >= 0.6 is 9.24 Å². The first-order chi connectivity index (χ1) is 14.3. The minimum absolute atomic E-state index is 0. The Bertz CT molecular complexity index is 1110. The summed E-state index contributed by atoms with van der Waals surface area (Å²) in [4.78, 5) is 4.57. The van der Waals surface area contributed by atoms with Crippen LogP contribution in [-0.2, 0) is 17.1 Å². The summed E-state index contributed by atoms with van der Waals surface area (Å²) in [5, 5.41) is 1.20. The van der Waals surface area contributed by atoms with Crippen molar-refractivity contribution in [3.05, 3.63) is 121 Å². The molecule has 30 heavy (non-hydrogen) atoms. The van der Waals surface area contributed by atoms with E-state index in [4.69, 9.17) is 0 Å². The molecule has 0 amide bonds. The molecule has 148 valence electrons. The van der Waals surface area contributed by atoms with Gasteiger partial charge in [-0.2, -0.15) is 27.4 Å². The fraction of sp³-hybridized carbons (Fsp3) is 0. The summed E-state index contributed by atoms with van der Waals surface area (Å²) in [6.07, 6.45) is 1.85. The van der Waals surface area contributed by atoms with Crippen molar-refractivity contribution < 1.29 is 17.1 Å². The first-order valence-corrected chi connectivity index (χ1v) is 10.2. The van der Waals surface area contributed by atoms with E-state index in [2.05, 4.69) is 87.0 Å². The van der Waals surface area contributed by atoms with E-state index in [0.29, 0.717) is 0 Å². The molecule has 0 fully saturated rings. The minimum atomic E-state index is 0. The van der Waals surface area contributed by atoms with Gasteiger partial charge in [-0.05, 0) is 12.1 Å². The van der Waals surface area contributed by atoms with Crippen molar-refractivity contribution in [2.45, 2.75) is 0 Å². The van der Waals surface area contributed by atoms with Gasteiger partial charge < -0.3 is 0 Å². The fourth-order valence-electron chi connectivity index (χ4n) is 3.44. The molecule has 0 aliphatic carbocycles. The first kappa shape index (κ1) is 21.9. The Balaban J connectivity index is 0.000000376. The number of aromatic nitrogens is 1. The molecule has 1 heterocycles. The number of rotatable bonds is 3. The van der Waals surface area contributed by atoms with E-state index in [0.717, 1.165) is 5.69 Å². The second-order valence-corrected chi connectivity index (χ2v) is 7.29. The quantitative estimate of drug-likeness (QED) is 0.170. The Morgan fingerprint density at radius 3 is 1.83 bits per heavy atom. The topological polar surface area (TPSA) is 12.9 Å². The molecule has 0 radical (unpaired) electrons. The van der Waals surface area contributed by atoms with E-state index in [1.165, 1.54) is 33.1 Å². The molecule has 3 heteroatoms. The van der Waals surface area contributed by atoms with Gasteiger partial charge >= 0.3 is 17.1 Å². The summed E-state index contributed by atoms with van der Waals surface area (Å²) in [6, 6.07) is 39.4. The Morgan fingerprint density at radius 2 is 1.30 bits per heavy atom. The second-order valence-electron chi connectivity index (χ2n) is 6.67. The van der Waals surface area contributed by atoms with E-state index in [9.17, 15) is 0 Å². The summed E-state index contributed by atoms with van der Waals surface area (Å²) in [5.74, 6) is 0. The van der Waals surface area contributed by atoms with Crippen molar-refractivity contribution in [2.24, 2.45) is 0 Å². The van der Waals surface area contributed by atoms with Crippen molar-refractivity contribution >= 4 is 14.5 Å². The molecular weight excluding hydrogens is 425 g/mol. The van der Waals surface area contributed by atoms with Crippen LogP contribution in [-0.4, -0.2) is 4.98 Å². The molecule has 0 aliphatic rings. The molecule has 1 nitrogen and oxygen atoms in total. The number of hydrogen-bond donors (Lipinski definition) is 0. The standard InChI is InChI=1S/C22H17NP.C5H5.Fe/c24-20-15-18(19-13-7-8-14-23-19)21(16-9-3-1-4-10-16)22(20)17-11-5-2-6-12-17;1-2-4-5-3-1;/h1-15H,24H2;1-5H;/q2*-1;+2. The summed E-state index contributed by atoms with van der Waals surface area (Å²) in [5.41, 5.74) is 7.11. The zero-order valence-corrected chi connectivity index (χ0v) is 18.7. The van der Waals surface area contributed by atoms with Gasteiger partial charge in [-0.3, -0.25) is 4.98 Å². The van der Waals surface area contributed by atoms with Crippen molar-refractivity contribution in [3.63, 3.8) is 0 Å². The third-order valence-electron chi connectivity index (χ3n) is 4.73. The molecule has 0 bridgehead atoms. The molecule has 0 saturated carbocycles. The van der Waals surface area contributed by atoms with Crippen LogP contribution in [0.3, 0.4) is 0 Å². The largest absolute Gasteiger partial charge is 2.00 e. The Morgan fingerprint density at radius 1 is 0.700 bits per heavy atom. The fourth-order valence-corrected chi connectivity index (χ4v) is 3.92. The third kappa shape index (κ3) is 5.04.